The van der Waals surface area contributed by atoms with Crippen molar-refractivity contribution >= 4 is 40.7 Å². The van der Waals surface area contributed by atoms with Gasteiger partial charge in [0, 0.05) is 30.8 Å². The maximum Gasteiger partial charge on any atom is 0.240 e. The first-order valence-electron chi connectivity index (χ1n) is 11.1. The Hall–Kier alpha value is -1.89. The number of benzene rings is 1. The standard InChI is InChI=1S/C25H32Cl2FN3O2/c1-25(2,3)12-20-18-7-6-16(26)11-19(18)30-23(32)21(22(29-20)24(33)31(4)5)15-8-14(13-28)9-17(27)10-15/h6-8,10-11,17,20-22,29H,9,12-13H2,1-5H3,(H,30,32)/t17-,20-,21+,22-/m1/s1. The van der Waals surface area contributed by atoms with Gasteiger partial charge < -0.3 is 10.2 Å². The number of nitrogens with one attached hydrogen (secondary N) is 2. The van der Waals surface area contributed by atoms with E-state index >= 15 is 0 Å². The van der Waals surface area contributed by atoms with Crippen LogP contribution in [0.15, 0.2) is 41.5 Å². The smallest absolute Gasteiger partial charge is 0.240 e. The molecule has 0 spiro atoms. The van der Waals surface area contributed by atoms with Crippen LogP contribution in [-0.4, -0.2) is 48.9 Å². The van der Waals surface area contributed by atoms with E-state index in [1.165, 1.54) is 4.90 Å². The Bertz CT molecular complexity index is 984. The van der Waals surface area contributed by atoms with Gasteiger partial charge in [-0.05, 0) is 47.1 Å². The fourth-order valence-corrected chi connectivity index (χ4v) is 4.99. The Balaban J connectivity index is 2.17. The van der Waals surface area contributed by atoms with Gasteiger partial charge in [0.25, 0.3) is 0 Å². The average molecular weight is 496 g/mol. The van der Waals surface area contributed by atoms with Crippen molar-refractivity contribution in [2.24, 2.45) is 11.3 Å². The molecule has 0 unspecified atom stereocenters. The summed E-state index contributed by atoms with van der Waals surface area (Å²) >= 11 is 12.6. The minimum absolute atomic E-state index is 0.0639. The van der Waals surface area contributed by atoms with Crippen molar-refractivity contribution < 1.29 is 14.0 Å². The number of alkyl halides is 2. The van der Waals surface area contributed by atoms with Crippen LogP contribution in [0.5, 0.6) is 0 Å². The van der Waals surface area contributed by atoms with Crippen LogP contribution in [0.25, 0.3) is 0 Å². The molecule has 1 aromatic carbocycles. The van der Waals surface area contributed by atoms with Crippen LogP contribution >= 0.6 is 23.2 Å². The molecule has 8 heteroatoms. The van der Waals surface area contributed by atoms with E-state index in [-0.39, 0.29) is 23.3 Å². The van der Waals surface area contributed by atoms with Crippen molar-refractivity contribution in [3.05, 3.63) is 52.1 Å². The summed E-state index contributed by atoms with van der Waals surface area (Å²) in [5, 5.41) is 6.54. The number of rotatable bonds is 4. The number of carbonyl (C=O) groups is 2. The number of hydrogen-bond acceptors (Lipinski definition) is 3. The highest BCUT2D eigenvalue weighted by molar-refractivity contribution is 6.31. The van der Waals surface area contributed by atoms with Crippen LogP contribution in [0, 0.1) is 11.3 Å². The maximum atomic E-state index is 13.6. The van der Waals surface area contributed by atoms with Crippen molar-refractivity contribution in [1.82, 2.24) is 10.2 Å². The predicted molar refractivity (Wildman–Crippen MR) is 132 cm³/mol. The summed E-state index contributed by atoms with van der Waals surface area (Å²) in [5.74, 6) is -1.50. The summed E-state index contributed by atoms with van der Waals surface area (Å²) in [6, 6.07) is 4.30. The second-order valence-electron chi connectivity index (χ2n) is 10.2. The highest BCUT2D eigenvalue weighted by Crippen LogP contribution is 2.39. The summed E-state index contributed by atoms with van der Waals surface area (Å²) < 4.78 is 13.5. The van der Waals surface area contributed by atoms with Gasteiger partial charge in [-0.15, -0.1) is 11.6 Å². The lowest BCUT2D eigenvalue weighted by Crippen LogP contribution is -2.54. The van der Waals surface area contributed by atoms with Gasteiger partial charge in [0.15, 0.2) is 0 Å². The fourth-order valence-electron chi connectivity index (χ4n) is 4.47. The molecule has 0 fully saturated rings. The number of fused-ring (bicyclic) bond motifs is 1. The molecular formula is C25H32Cl2FN3O2. The topological polar surface area (TPSA) is 61.4 Å². The number of amides is 2. The van der Waals surface area contributed by atoms with Gasteiger partial charge in [-0.3, -0.25) is 14.9 Å². The molecule has 1 heterocycles. The predicted octanol–water partition coefficient (Wildman–Crippen LogP) is 5.27. The summed E-state index contributed by atoms with van der Waals surface area (Å²) in [4.78, 5) is 28.4. The van der Waals surface area contributed by atoms with Crippen LogP contribution in [0.4, 0.5) is 10.1 Å². The van der Waals surface area contributed by atoms with Crippen LogP contribution in [-0.2, 0) is 9.59 Å². The van der Waals surface area contributed by atoms with E-state index in [2.05, 4.69) is 31.4 Å². The molecule has 33 heavy (non-hydrogen) atoms. The van der Waals surface area contributed by atoms with Crippen molar-refractivity contribution in [1.29, 1.82) is 0 Å². The van der Waals surface area contributed by atoms with Crippen molar-refractivity contribution in [2.45, 2.75) is 51.1 Å². The molecule has 180 valence electrons. The van der Waals surface area contributed by atoms with E-state index in [0.29, 0.717) is 34.7 Å². The Labute approximate surface area is 205 Å². The number of hydrogen-bond donors (Lipinski definition) is 2. The highest BCUT2D eigenvalue weighted by Gasteiger charge is 2.42. The quantitative estimate of drug-likeness (QED) is 0.559. The third-order valence-electron chi connectivity index (χ3n) is 5.90. The van der Waals surface area contributed by atoms with Gasteiger partial charge in [-0.1, -0.05) is 50.6 Å². The third-order valence-corrected chi connectivity index (χ3v) is 6.42. The van der Waals surface area contributed by atoms with Crippen molar-refractivity contribution in [3.8, 4) is 0 Å². The number of likely N-dealkylation sites (N-methyl/N-ethyl adjacent to an activating group) is 1. The minimum Gasteiger partial charge on any atom is -0.347 e. The third kappa shape index (κ3) is 6.17. The number of halogens is 3. The number of carbonyl (C=O) groups excluding carboxylic acids is 2. The first-order valence-corrected chi connectivity index (χ1v) is 11.9. The molecular weight excluding hydrogens is 464 g/mol. The van der Waals surface area contributed by atoms with E-state index in [9.17, 15) is 14.0 Å². The molecule has 4 atom stereocenters. The molecule has 2 aliphatic rings. The molecule has 2 N–H and O–H groups in total. The summed E-state index contributed by atoms with van der Waals surface area (Å²) in [6.07, 6.45) is 4.51. The monoisotopic (exact) mass is 495 g/mol. The summed E-state index contributed by atoms with van der Waals surface area (Å²) in [6.45, 7) is 5.72. The number of anilines is 1. The van der Waals surface area contributed by atoms with Crippen LogP contribution in [0.2, 0.25) is 5.02 Å². The molecule has 0 bridgehead atoms. The van der Waals surface area contributed by atoms with Gasteiger partial charge >= 0.3 is 0 Å². The zero-order chi connectivity index (χ0) is 24.5. The zero-order valence-corrected chi connectivity index (χ0v) is 21.2. The number of allylic oxidation sites excluding steroid dienone is 3. The maximum absolute atomic E-state index is 13.6. The first kappa shape index (κ1) is 25.7. The van der Waals surface area contributed by atoms with E-state index < -0.39 is 24.0 Å². The van der Waals surface area contributed by atoms with E-state index in [1.54, 1.807) is 38.4 Å². The zero-order valence-electron chi connectivity index (χ0n) is 19.7. The molecule has 1 aliphatic heterocycles. The Kier molecular flexibility index (Phi) is 7.92. The Morgan fingerprint density at radius 1 is 1.27 bits per heavy atom. The molecule has 1 aromatic rings. The molecule has 3 rings (SSSR count). The van der Waals surface area contributed by atoms with Crippen LogP contribution < -0.4 is 10.6 Å². The SMILES string of the molecule is CN(C)C(=O)[C@@H]1N[C@H](CC(C)(C)C)c2ccc(Cl)cc2NC(=O)[C@H]1C1=C[C@H](Cl)CC(CF)=C1. The van der Waals surface area contributed by atoms with Crippen LogP contribution in [0.1, 0.15) is 45.2 Å². The second-order valence-corrected chi connectivity index (χ2v) is 11.2. The average Bonchev–Trinajstić information content (AvgIpc) is 2.69. The summed E-state index contributed by atoms with van der Waals surface area (Å²) in [5.41, 5.74) is 2.45. The molecule has 2 amide bonds. The van der Waals surface area contributed by atoms with E-state index in [4.69, 9.17) is 23.2 Å². The summed E-state index contributed by atoms with van der Waals surface area (Å²) in [7, 11) is 3.32. The largest absolute Gasteiger partial charge is 0.347 e. The molecule has 1 aliphatic carbocycles. The first-order chi connectivity index (χ1) is 15.4. The van der Waals surface area contributed by atoms with Crippen molar-refractivity contribution in [3.63, 3.8) is 0 Å². The molecule has 0 aromatic heterocycles. The molecule has 0 radical (unpaired) electrons. The Morgan fingerprint density at radius 3 is 2.58 bits per heavy atom. The van der Waals surface area contributed by atoms with Gasteiger partial charge in [-0.2, -0.15) is 0 Å². The van der Waals surface area contributed by atoms with Gasteiger partial charge in [0.1, 0.15) is 12.7 Å². The van der Waals surface area contributed by atoms with Gasteiger partial charge in [-0.25, -0.2) is 4.39 Å². The van der Waals surface area contributed by atoms with Crippen molar-refractivity contribution in [2.75, 3.05) is 26.1 Å². The van der Waals surface area contributed by atoms with E-state index in [1.807, 2.05) is 6.07 Å². The van der Waals surface area contributed by atoms with Crippen LogP contribution in [0.3, 0.4) is 0 Å². The lowest BCUT2D eigenvalue weighted by atomic mass is 9.80. The molecule has 0 saturated carbocycles. The normalized spacial score (nSPS) is 25.8. The number of nitrogens with zero attached hydrogens (tertiary/aromatic N) is 1. The Morgan fingerprint density at radius 2 is 1.97 bits per heavy atom. The lowest BCUT2D eigenvalue weighted by Gasteiger charge is -2.38. The second kappa shape index (κ2) is 10.2. The molecule has 0 saturated heterocycles. The minimum atomic E-state index is -0.891. The lowest BCUT2D eigenvalue weighted by molar-refractivity contribution is -0.135. The highest BCUT2D eigenvalue weighted by atomic mass is 35.5. The molecule has 5 nitrogen and oxygen atoms in total. The fraction of sp³-hybridized carbons (Fsp3) is 0.520. The van der Waals surface area contributed by atoms with E-state index in [0.717, 1.165) is 5.56 Å². The van der Waals surface area contributed by atoms with Gasteiger partial charge in [0.05, 0.1) is 11.3 Å². The van der Waals surface area contributed by atoms with Gasteiger partial charge in [0.2, 0.25) is 11.8 Å².